The van der Waals surface area contributed by atoms with Gasteiger partial charge in [-0.15, -0.1) is 0 Å². The van der Waals surface area contributed by atoms with Crippen molar-refractivity contribution in [1.29, 1.82) is 0 Å². The second-order valence-electron chi connectivity index (χ2n) is 5.48. The lowest BCUT2D eigenvalue weighted by Gasteiger charge is -2.32. The van der Waals surface area contributed by atoms with Crippen molar-refractivity contribution in [3.8, 4) is 5.75 Å². The highest BCUT2D eigenvalue weighted by atomic mass is 16.5. The van der Waals surface area contributed by atoms with Crippen molar-refractivity contribution in [1.82, 2.24) is 4.90 Å². The molecule has 20 heavy (non-hydrogen) atoms. The number of likely N-dealkylation sites (tertiary alicyclic amines) is 1. The number of hydrogen-bond donors (Lipinski definition) is 1. The number of oxime groups is 1. The van der Waals surface area contributed by atoms with Gasteiger partial charge in [0.1, 0.15) is 5.75 Å². The maximum atomic E-state index is 8.72. The van der Waals surface area contributed by atoms with Gasteiger partial charge >= 0.3 is 0 Å². The Morgan fingerprint density at radius 1 is 1.35 bits per heavy atom. The molecule has 110 valence electrons. The van der Waals surface area contributed by atoms with Crippen molar-refractivity contribution in [2.75, 3.05) is 20.2 Å². The Labute approximate surface area is 121 Å². The summed E-state index contributed by atoms with van der Waals surface area (Å²) in [5.41, 5.74) is 1.52. The number of ether oxygens (including phenoxy) is 1. The molecule has 0 bridgehead atoms. The summed E-state index contributed by atoms with van der Waals surface area (Å²) in [5, 5.41) is 11.9. The molecular weight excluding hydrogens is 252 g/mol. The second kappa shape index (κ2) is 7.29. The molecule has 1 N–H and O–H groups in total. The van der Waals surface area contributed by atoms with Crippen molar-refractivity contribution >= 4 is 5.71 Å². The number of piperidine rings is 1. The molecule has 1 unspecified atom stereocenters. The van der Waals surface area contributed by atoms with Gasteiger partial charge in [0.05, 0.1) is 12.3 Å². The molecule has 0 amide bonds. The number of benzene rings is 1. The van der Waals surface area contributed by atoms with Gasteiger partial charge in [-0.05, 0) is 69.6 Å². The monoisotopic (exact) mass is 276 g/mol. The minimum atomic E-state index is 0.611. The molecule has 4 heteroatoms. The number of rotatable bonds is 5. The summed E-state index contributed by atoms with van der Waals surface area (Å²) in [4.78, 5) is 2.44. The van der Waals surface area contributed by atoms with Gasteiger partial charge < -0.3 is 14.8 Å². The van der Waals surface area contributed by atoms with Gasteiger partial charge in [0.15, 0.2) is 0 Å². The maximum absolute atomic E-state index is 8.72. The lowest BCUT2D eigenvalue weighted by atomic mass is 10.0. The standard InChI is InChI=1S/C16H24N2O2/c1-13(17-19)14-6-8-16(9-7-14)20-12-10-15-5-3-4-11-18(15)2/h6-9,15,19H,3-5,10-12H2,1-2H3/b17-13+. The highest BCUT2D eigenvalue weighted by Gasteiger charge is 2.18. The number of nitrogens with zero attached hydrogens (tertiary/aromatic N) is 2. The van der Waals surface area contributed by atoms with Gasteiger partial charge in [-0.3, -0.25) is 0 Å². The molecule has 1 aromatic carbocycles. The smallest absolute Gasteiger partial charge is 0.119 e. The normalized spacial score (nSPS) is 20.9. The van der Waals surface area contributed by atoms with Crippen LogP contribution in [0.3, 0.4) is 0 Å². The van der Waals surface area contributed by atoms with Crippen LogP contribution in [0.2, 0.25) is 0 Å². The van der Waals surface area contributed by atoms with Gasteiger partial charge in [0, 0.05) is 6.04 Å². The summed E-state index contributed by atoms with van der Waals surface area (Å²) < 4.78 is 5.80. The van der Waals surface area contributed by atoms with Crippen molar-refractivity contribution in [2.24, 2.45) is 5.16 Å². The van der Waals surface area contributed by atoms with E-state index >= 15 is 0 Å². The second-order valence-corrected chi connectivity index (χ2v) is 5.48. The molecule has 1 saturated heterocycles. The van der Waals surface area contributed by atoms with Crippen LogP contribution in [-0.2, 0) is 0 Å². The van der Waals surface area contributed by atoms with E-state index in [1.165, 1.54) is 25.8 Å². The van der Waals surface area contributed by atoms with Crippen LogP contribution in [0.5, 0.6) is 5.75 Å². The highest BCUT2D eigenvalue weighted by molar-refractivity contribution is 5.98. The minimum Gasteiger partial charge on any atom is -0.494 e. The van der Waals surface area contributed by atoms with Gasteiger partial charge in [-0.25, -0.2) is 0 Å². The fraction of sp³-hybridized carbons (Fsp3) is 0.562. The fourth-order valence-electron chi connectivity index (χ4n) is 2.67. The zero-order valence-electron chi connectivity index (χ0n) is 12.4. The Balaban J connectivity index is 1.79. The third-order valence-corrected chi connectivity index (χ3v) is 4.06. The molecule has 0 aromatic heterocycles. The molecule has 0 spiro atoms. The third kappa shape index (κ3) is 3.97. The van der Waals surface area contributed by atoms with Gasteiger partial charge in [-0.1, -0.05) is 11.6 Å². The first-order valence-corrected chi connectivity index (χ1v) is 7.33. The minimum absolute atomic E-state index is 0.611. The molecule has 1 aliphatic rings. The summed E-state index contributed by atoms with van der Waals surface area (Å²) in [5.74, 6) is 0.873. The number of hydrogen-bond acceptors (Lipinski definition) is 4. The molecule has 1 fully saturated rings. The first kappa shape index (κ1) is 14.9. The average molecular weight is 276 g/mol. The largest absolute Gasteiger partial charge is 0.494 e. The van der Waals surface area contributed by atoms with E-state index in [1.54, 1.807) is 6.92 Å². The molecule has 0 aliphatic carbocycles. The molecule has 0 radical (unpaired) electrons. The van der Waals surface area contributed by atoms with Crippen molar-refractivity contribution in [2.45, 2.75) is 38.6 Å². The molecular formula is C16H24N2O2. The zero-order chi connectivity index (χ0) is 14.4. The molecule has 1 atom stereocenters. The average Bonchev–Trinajstić information content (AvgIpc) is 2.49. The zero-order valence-corrected chi connectivity index (χ0v) is 12.4. The van der Waals surface area contributed by atoms with Crippen molar-refractivity contribution in [3.63, 3.8) is 0 Å². The Bertz CT molecular complexity index is 442. The maximum Gasteiger partial charge on any atom is 0.119 e. The molecule has 1 aliphatic heterocycles. The van der Waals surface area contributed by atoms with E-state index < -0.39 is 0 Å². The first-order chi connectivity index (χ1) is 9.70. The summed E-state index contributed by atoms with van der Waals surface area (Å²) >= 11 is 0. The van der Waals surface area contributed by atoms with Crippen molar-refractivity contribution in [3.05, 3.63) is 29.8 Å². The topological polar surface area (TPSA) is 45.1 Å². The van der Waals surface area contributed by atoms with Gasteiger partial charge in [-0.2, -0.15) is 0 Å². The van der Waals surface area contributed by atoms with Crippen LogP contribution in [0.4, 0.5) is 0 Å². The third-order valence-electron chi connectivity index (χ3n) is 4.06. The van der Waals surface area contributed by atoms with E-state index in [9.17, 15) is 0 Å². The van der Waals surface area contributed by atoms with Crippen LogP contribution >= 0.6 is 0 Å². The molecule has 1 aromatic rings. The van der Waals surface area contributed by atoms with E-state index in [2.05, 4.69) is 17.1 Å². The van der Waals surface area contributed by atoms with E-state index in [-0.39, 0.29) is 0 Å². The SMILES string of the molecule is C/C(=N\O)c1ccc(OCCC2CCCCN2C)cc1. The molecule has 4 nitrogen and oxygen atoms in total. The van der Waals surface area contributed by atoms with E-state index in [0.717, 1.165) is 24.3 Å². The fourth-order valence-corrected chi connectivity index (χ4v) is 2.67. The quantitative estimate of drug-likeness (QED) is 0.510. The first-order valence-electron chi connectivity index (χ1n) is 7.33. The Hall–Kier alpha value is -1.55. The summed E-state index contributed by atoms with van der Waals surface area (Å²) in [7, 11) is 2.20. The molecule has 2 rings (SSSR count). The van der Waals surface area contributed by atoms with Crippen molar-refractivity contribution < 1.29 is 9.94 Å². The van der Waals surface area contributed by atoms with E-state index in [0.29, 0.717) is 11.8 Å². The van der Waals surface area contributed by atoms with Crippen LogP contribution in [0, 0.1) is 0 Å². The Morgan fingerprint density at radius 2 is 2.10 bits per heavy atom. The predicted octanol–water partition coefficient (Wildman–Crippen LogP) is 3.14. The lowest BCUT2D eigenvalue weighted by Crippen LogP contribution is -2.37. The van der Waals surface area contributed by atoms with Crippen LogP contribution in [0.15, 0.2) is 29.4 Å². The predicted molar refractivity (Wildman–Crippen MR) is 80.8 cm³/mol. The summed E-state index contributed by atoms with van der Waals surface area (Å²) in [6.07, 6.45) is 5.02. The van der Waals surface area contributed by atoms with Gasteiger partial charge in [0.25, 0.3) is 0 Å². The van der Waals surface area contributed by atoms with Crippen LogP contribution in [0.25, 0.3) is 0 Å². The van der Waals surface area contributed by atoms with E-state index in [1.807, 2.05) is 24.3 Å². The lowest BCUT2D eigenvalue weighted by molar-refractivity contribution is 0.153. The van der Waals surface area contributed by atoms with E-state index in [4.69, 9.17) is 9.94 Å². The van der Waals surface area contributed by atoms with Crippen LogP contribution < -0.4 is 4.74 Å². The van der Waals surface area contributed by atoms with Crippen LogP contribution in [-0.4, -0.2) is 42.1 Å². The Kier molecular flexibility index (Phi) is 5.41. The summed E-state index contributed by atoms with van der Waals surface area (Å²) in [6, 6.07) is 8.34. The highest BCUT2D eigenvalue weighted by Crippen LogP contribution is 2.19. The Morgan fingerprint density at radius 3 is 2.75 bits per heavy atom. The molecule has 0 saturated carbocycles. The van der Waals surface area contributed by atoms with Gasteiger partial charge in [0.2, 0.25) is 0 Å². The molecule has 1 heterocycles. The summed E-state index contributed by atoms with van der Waals surface area (Å²) in [6.45, 7) is 3.73. The van der Waals surface area contributed by atoms with Crippen LogP contribution in [0.1, 0.15) is 38.2 Å².